The highest BCUT2D eigenvalue weighted by Gasteiger charge is 2.12. The molecule has 1 heterocycles. The zero-order valence-electron chi connectivity index (χ0n) is 21.8. The van der Waals surface area contributed by atoms with Crippen molar-refractivity contribution in [2.45, 2.75) is 64.8 Å². The van der Waals surface area contributed by atoms with E-state index in [1.54, 1.807) is 0 Å². The van der Waals surface area contributed by atoms with Gasteiger partial charge in [-0.2, -0.15) is 0 Å². The fourth-order valence-corrected chi connectivity index (χ4v) is 4.25. The predicted molar refractivity (Wildman–Crippen MR) is 147 cm³/mol. The molecule has 0 atom stereocenters. The molecule has 0 spiro atoms. The van der Waals surface area contributed by atoms with E-state index in [2.05, 4.69) is 59.6 Å². The van der Waals surface area contributed by atoms with Gasteiger partial charge in [0.1, 0.15) is 0 Å². The molecule has 0 aromatic heterocycles. The maximum Gasteiger partial charge on any atom is 0.328 e. The number of unbranched alkanes of at least 4 members (excludes halogenated alkanes) is 3. The largest absolute Gasteiger partial charge is 0.478 e. The van der Waals surface area contributed by atoms with Gasteiger partial charge in [-0.05, 0) is 62.4 Å². The van der Waals surface area contributed by atoms with E-state index in [1.807, 2.05) is 6.07 Å². The molecule has 0 amide bonds. The molecule has 0 unspecified atom stereocenters. The molecule has 2 aromatic rings. The fourth-order valence-electron chi connectivity index (χ4n) is 4.25. The van der Waals surface area contributed by atoms with Gasteiger partial charge in [0.2, 0.25) is 0 Å². The van der Waals surface area contributed by atoms with E-state index in [0.717, 1.165) is 51.0 Å². The Hall–Kier alpha value is -3.45. The second kappa shape index (κ2) is 17.1. The van der Waals surface area contributed by atoms with Crippen LogP contribution >= 0.6 is 0 Å². The van der Waals surface area contributed by atoms with Crippen LogP contribution in [0.5, 0.6) is 0 Å². The summed E-state index contributed by atoms with van der Waals surface area (Å²) in [6, 6.07) is 16.9. The highest BCUT2D eigenvalue weighted by molar-refractivity contribution is 5.97. The van der Waals surface area contributed by atoms with Gasteiger partial charge in [0.15, 0.2) is 5.78 Å². The van der Waals surface area contributed by atoms with Gasteiger partial charge < -0.3 is 15.5 Å². The quantitative estimate of drug-likeness (QED) is 0.178. The number of aliphatic carboxylic acids is 2. The third-order valence-corrected chi connectivity index (χ3v) is 6.31. The van der Waals surface area contributed by atoms with Crippen LogP contribution in [-0.4, -0.2) is 52.5 Å². The van der Waals surface area contributed by atoms with Crippen molar-refractivity contribution in [3.8, 4) is 0 Å². The van der Waals surface area contributed by atoms with Crippen LogP contribution in [0.25, 0.3) is 0 Å². The van der Waals surface area contributed by atoms with Crippen LogP contribution in [0.1, 0.15) is 73.4 Å². The number of anilines is 1. The minimum atomic E-state index is -1.26. The Bertz CT molecular complexity index is 1000. The number of hydrogen-bond donors (Lipinski definition) is 3. The Kier molecular flexibility index (Phi) is 13.7. The number of ketones is 1. The number of hydrogen-bond acceptors (Lipinski definition) is 5. The molecule has 200 valence electrons. The number of carboxylic acids is 2. The number of carboxylic acid groups (broad SMARTS) is 2. The minimum absolute atomic E-state index is 0.290. The molecule has 0 aliphatic carbocycles. The molecule has 1 aliphatic rings. The highest BCUT2D eigenvalue weighted by atomic mass is 16.4. The molecule has 7 nitrogen and oxygen atoms in total. The molecule has 7 heteroatoms. The first-order valence-electron chi connectivity index (χ1n) is 13.2. The summed E-state index contributed by atoms with van der Waals surface area (Å²) in [4.78, 5) is 34.2. The van der Waals surface area contributed by atoms with Crippen molar-refractivity contribution in [2.75, 3.05) is 25.0 Å². The van der Waals surface area contributed by atoms with Gasteiger partial charge in [-0.15, -0.1) is 0 Å². The summed E-state index contributed by atoms with van der Waals surface area (Å²) in [6.07, 6.45) is 9.88. The van der Waals surface area contributed by atoms with Gasteiger partial charge in [-0.3, -0.25) is 9.69 Å². The van der Waals surface area contributed by atoms with Crippen LogP contribution in [0.2, 0.25) is 0 Å². The summed E-state index contributed by atoms with van der Waals surface area (Å²) in [5.74, 6) is -2.22. The molecule has 0 saturated carbocycles. The summed E-state index contributed by atoms with van der Waals surface area (Å²) < 4.78 is 0. The van der Waals surface area contributed by atoms with E-state index in [-0.39, 0.29) is 5.78 Å². The Balaban J connectivity index is 0.000000521. The maximum atomic E-state index is 12.6. The molecule has 37 heavy (non-hydrogen) atoms. The highest BCUT2D eigenvalue weighted by Crippen LogP contribution is 2.24. The van der Waals surface area contributed by atoms with Gasteiger partial charge in [-0.25, -0.2) is 9.59 Å². The number of benzene rings is 2. The van der Waals surface area contributed by atoms with Crippen LogP contribution in [0, 0.1) is 0 Å². The first-order valence-corrected chi connectivity index (χ1v) is 13.2. The molecule has 0 saturated heterocycles. The van der Waals surface area contributed by atoms with Crippen molar-refractivity contribution in [1.29, 1.82) is 0 Å². The van der Waals surface area contributed by atoms with Gasteiger partial charge in [0.25, 0.3) is 0 Å². The summed E-state index contributed by atoms with van der Waals surface area (Å²) in [7, 11) is 0. The number of Topliss-reactive ketones (excluding diaryl/α,β-unsaturated/α-hetero) is 1. The smallest absolute Gasteiger partial charge is 0.328 e. The molecular weight excluding hydrogens is 468 g/mol. The van der Waals surface area contributed by atoms with Crippen molar-refractivity contribution in [2.24, 2.45) is 0 Å². The summed E-state index contributed by atoms with van der Waals surface area (Å²) in [5.41, 5.74) is 4.79. The zero-order chi connectivity index (χ0) is 26.9. The number of aryl methyl sites for hydroxylation is 1. The Morgan fingerprint density at radius 2 is 1.62 bits per heavy atom. The molecule has 1 aliphatic heterocycles. The Morgan fingerprint density at radius 1 is 0.919 bits per heavy atom. The lowest BCUT2D eigenvalue weighted by Gasteiger charge is -2.20. The molecule has 3 rings (SSSR count). The lowest BCUT2D eigenvalue weighted by molar-refractivity contribution is -0.134. The van der Waals surface area contributed by atoms with Crippen molar-refractivity contribution in [3.63, 3.8) is 0 Å². The van der Waals surface area contributed by atoms with Gasteiger partial charge in [-0.1, -0.05) is 62.2 Å². The predicted octanol–water partition coefficient (Wildman–Crippen LogP) is 5.80. The number of nitrogens with zero attached hydrogens (tertiary/aromatic N) is 1. The fraction of sp³-hybridized carbons (Fsp3) is 0.433. The van der Waals surface area contributed by atoms with Gasteiger partial charge in [0.05, 0.1) is 0 Å². The third-order valence-electron chi connectivity index (χ3n) is 6.31. The van der Waals surface area contributed by atoms with E-state index in [1.165, 1.54) is 42.5 Å². The number of carbonyl (C=O) groups is 3. The van der Waals surface area contributed by atoms with Crippen LogP contribution < -0.4 is 5.32 Å². The van der Waals surface area contributed by atoms with Crippen LogP contribution in [0.15, 0.2) is 60.7 Å². The first-order chi connectivity index (χ1) is 17.9. The molecular formula is C30H40N2O5. The molecule has 0 fully saturated rings. The average molecular weight is 509 g/mol. The second-order valence-electron chi connectivity index (χ2n) is 9.21. The molecule has 0 radical (unpaired) electrons. The molecule has 0 bridgehead atoms. The monoisotopic (exact) mass is 508 g/mol. The minimum Gasteiger partial charge on any atom is -0.478 e. The summed E-state index contributed by atoms with van der Waals surface area (Å²) in [5, 5.41) is 19.1. The SMILES string of the molecule is CCN(CCCCCCC(=O)c1ccc2c(c1)NCCCC2)Cc1ccccc1.O=C(O)/C=C/C(=O)O. The lowest BCUT2D eigenvalue weighted by atomic mass is 10.00. The number of rotatable bonds is 13. The van der Waals surface area contributed by atoms with E-state index in [9.17, 15) is 14.4 Å². The number of nitrogens with one attached hydrogen (secondary N) is 1. The molecule has 3 N–H and O–H groups in total. The van der Waals surface area contributed by atoms with Crippen molar-refractivity contribution >= 4 is 23.4 Å². The van der Waals surface area contributed by atoms with Crippen LogP contribution in [0.4, 0.5) is 5.69 Å². The third kappa shape index (κ3) is 12.4. The van der Waals surface area contributed by atoms with Crippen LogP contribution in [-0.2, 0) is 22.6 Å². The normalized spacial score (nSPS) is 12.7. The van der Waals surface area contributed by atoms with Gasteiger partial charge in [0, 0.05) is 42.9 Å². The first kappa shape index (κ1) is 29.8. The lowest BCUT2D eigenvalue weighted by Crippen LogP contribution is -2.23. The van der Waals surface area contributed by atoms with E-state index >= 15 is 0 Å². The topological polar surface area (TPSA) is 107 Å². The standard InChI is InChI=1S/C26H36N2O.C4H4O4/c1-2-28(21-22-12-6-5-7-13-22)19-11-4-3-8-15-26(29)24-17-16-23-14-9-10-18-27-25(23)20-24;5-3(6)1-2-4(7)8/h5-7,12-13,16-17,20,27H,2-4,8-11,14-15,18-19,21H2,1H3;1-2H,(H,5,6)(H,7,8)/b;2-1+. The Morgan fingerprint density at radius 3 is 2.30 bits per heavy atom. The van der Waals surface area contributed by atoms with Crippen molar-refractivity contribution in [3.05, 3.63) is 77.4 Å². The van der Waals surface area contributed by atoms with Gasteiger partial charge >= 0.3 is 11.9 Å². The maximum absolute atomic E-state index is 12.6. The molecule has 2 aromatic carbocycles. The van der Waals surface area contributed by atoms with E-state index < -0.39 is 11.9 Å². The van der Waals surface area contributed by atoms with E-state index in [0.29, 0.717) is 18.6 Å². The summed E-state index contributed by atoms with van der Waals surface area (Å²) in [6.45, 7) is 6.50. The number of carbonyl (C=O) groups excluding carboxylic acids is 1. The zero-order valence-corrected chi connectivity index (χ0v) is 21.8. The Labute approximate surface area is 220 Å². The average Bonchev–Trinajstić information content (AvgIpc) is 3.14. The number of fused-ring (bicyclic) bond motifs is 1. The summed E-state index contributed by atoms with van der Waals surface area (Å²) >= 11 is 0. The van der Waals surface area contributed by atoms with Crippen LogP contribution in [0.3, 0.4) is 0 Å². The van der Waals surface area contributed by atoms with E-state index in [4.69, 9.17) is 10.2 Å². The second-order valence-corrected chi connectivity index (χ2v) is 9.21. The van der Waals surface area contributed by atoms with Crippen molar-refractivity contribution < 1.29 is 24.6 Å². The van der Waals surface area contributed by atoms with Crippen molar-refractivity contribution in [1.82, 2.24) is 4.90 Å².